The highest BCUT2D eigenvalue weighted by Crippen LogP contribution is 2.26. The fraction of sp³-hybridized carbons (Fsp3) is 0.167. The lowest BCUT2D eigenvalue weighted by Gasteiger charge is -2.08. The molecule has 0 aliphatic heterocycles. The lowest BCUT2D eigenvalue weighted by Crippen LogP contribution is -2.02. The molecule has 18 heavy (non-hydrogen) atoms. The summed E-state index contributed by atoms with van der Waals surface area (Å²) < 4.78 is 31.5. The van der Waals surface area contributed by atoms with Gasteiger partial charge in [0.2, 0.25) is 0 Å². The minimum atomic E-state index is -0.770. The predicted octanol–water partition coefficient (Wildman–Crippen LogP) is 3.32. The van der Waals surface area contributed by atoms with Gasteiger partial charge in [0, 0.05) is 6.07 Å². The van der Waals surface area contributed by atoms with Crippen LogP contribution in [-0.2, 0) is 13.2 Å². The Morgan fingerprint density at radius 2 is 1.94 bits per heavy atom. The van der Waals surface area contributed by atoms with Gasteiger partial charge in [-0.2, -0.15) is 0 Å². The number of hydrogen-bond acceptors (Lipinski definition) is 3. The highest BCUT2D eigenvalue weighted by atomic mass is 35.5. The number of anilines is 1. The Morgan fingerprint density at radius 1 is 1.22 bits per heavy atom. The second-order valence-electron chi connectivity index (χ2n) is 3.62. The van der Waals surface area contributed by atoms with Gasteiger partial charge >= 0.3 is 0 Å². The lowest BCUT2D eigenvalue weighted by atomic mass is 10.3. The summed E-state index contributed by atoms with van der Waals surface area (Å²) in [5.41, 5.74) is 0.0139. The highest BCUT2D eigenvalue weighted by Gasteiger charge is 2.10. The van der Waals surface area contributed by atoms with Crippen molar-refractivity contribution in [3.63, 3.8) is 0 Å². The van der Waals surface area contributed by atoms with Crippen molar-refractivity contribution in [1.82, 2.24) is 0 Å². The monoisotopic (exact) mass is 273 g/mol. The number of aliphatic hydroxyl groups is 1. The van der Waals surface area contributed by atoms with Gasteiger partial charge in [0.1, 0.15) is 23.9 Å². The van der Waals surface area contributed by atoms with E-state index in [1.54, 1.807) is 12.1 Å². The molecule has 6 heteroatoms. The Balaban J connectivity index is 2.10. The van der Waals surface area contributed by atoms with Crippen molar-refractivity contribution in [2.24, 2.45) is 0 Å². The molecule has 0 radical (unpaired) electrons. The second kappa shape index (κ2) is 5.37. The molecule has 0 bridgehead atoms. The van der Waals surface area contributed by atoms with E-state index in [1.165, 1.54) is 0 Å². The van der Waals surface area contributed by atoms with Gasteiger partial charge in [0.25, 0.3) is 0 Å². The van der Waals surface area contributed by atoms with E-state index in [1.807, 2.05) is 0 Å². The fourth-order valence-corrected chi connectivity index (χ4v) is 1.75. The van der Waals surface area contributed by atoms with Crippen molar-refractivity contribution in [2.45, 2.75) is 13.2 Å². The predicted molar refractivity (Wildman–Crippen MR) is 63.3 cm³/mol. The number of halogens is 3. The van der Waals surface area contributed by atoms with Crippen LogP contribution in [0.4, 0.5) is 14.5 Å². The van der Waals surface area contributed by atoms with Crippen molar-refractivity contribution >= 4 is 17.3 Å². The molecule has 0 saturated heterocycles. The van der Waals surface area contributed by atoms with Gasteiger partial charge in [-0.3, -0.25) is 0 Å². The average molecular weight is 274 g/mol. The number of furan rings is 1. The van der Waals surface area contributed by atoms with E-state index < -0.39 is 11.6 Å². The van der Waals surface area contributed by atoms with Crippen LogP contribution >= 0.6 is 11.6 Å². The highest BCUT2D eigenvalue weighted by molar-refractivity contribution is 6.33. The van der Waals surface area contributed by atoms with Crippen LogP contribution in [-0.4, -0.2) is 5.11 Å². The Kier molecular flexibility index (Phi) is 3.84. The van der Waals surface area contributed by atoms with Crippen LogP contribution in [0, 0.1) is 11.6 Å². The molecular weight excluding hydrogens is 264 g/mol. The molecule has 2 N–H and O–H groups in total. The molecule has 0 fully saturated rings. The standard InChI is InChI=1S/C12H10ClF2NO2/c13-10-3-7(14)4-11(15)12(10)16-5-8-1-2-9(6-17)18-8/h1-4,16-17H,5-6H2. The maximum Gasteiger partial charge on any atom is 0.150 e. The van der Waals surface area contributed by atoms with E-state index in [0.29, 0.717) is 11.5 Å². The summed E-state index contributed by atoms with van der Waals surface area (Å²) in [4.78, 5) is 0. The van der Waals surface area contributed by atoms with Gasteiger partial charge in [-0.05, 0) is 18.2 Å². The normalized spacial score (nSPS) is 10.7. The van der Waals surface area contributed by atoms with Crippen molar-refractivity contribution in [3.8, 4) is 0 Å². The summed E-state index contributed by atoms with van der Waals surface area (Å²) in [5.74, 6) is -0.575. The number of hydrogen-bond donors (Lipinski definition) is 2. The van der Waals surface area contributed by atoms with E-state index in [0.717, 1.165) is 12.1 Å². The largest absolute Gasteiger partial charge is 0.462 e. The van der Waals surface area contributed by atoms with E-state index in [4.69, 9.17) is 21.1 Å². The van der Waals surface area contributed by atoms with Gasteiger partial charge in [-0.25, -0.2) is 8.78 Å². The first-order chi connectivity index (χ1) is 8.60. The van der Waals surface area contributed by atoms with Crippen LogP contribution in [0.15, 0.2) is 28.7 Å². The zero-order chi connectivity index (χ0) is 13.1. The third-order valence-electron chi connectivity index (χ3n) is 2.32. The van der Waals surface area contributed by atoms with Gasteiger partial charge in [-0.15, -0.1) is 0 Å². The topological polar surface area (TPSA) is 45.4 Å². The minimum absolute atomic E-state index is 0.0139. The lowest BCUT2D eigenvalue weighted by molar-refractivity contribution is 0.244. The molecule has 0 unspecified atom stereocenters. The zero-order valence-electron chi connectivity index (χ0n) is 9.21. The Hall–Kier alpha value is -1.59. The Labute approximate surface area is 107 Å². The van der Waals surface area contributed by atoms with Gasteiger partial charge < -0.3 is 14.8 Å². The van der Waals surface area contributed by atoms with Gasteiger partial charge in [0.15, 0.2) is 5.82 Å². The second-order valence-corrected chi connectivity index (χ2v) is 4.03. The molecule has 0 spiro atoms. The molecule has 0 aliphatic rings. The number of aliphatic hydroxyl groups excluding tert-OH is 1. The molecule has 1 heterocycles. The maximum absolute atomic E-state index is 13.4. The van der Waals surface area contributed by atoms with E-state index >= 15 is 0 Å². The maximum atomic E-state index is 13.4. The summed E-state index contributed by atoms with van der Waals surface area (Å²) >= 11 is 5.72. The van der Waals surface area contributed by atoms with Crippen LogP contribution in [0.5, 0.6) is 0 Å². The first kappa shape index (κ1) is 12.9. The summed E-state index contributed by atoms with van der Waals surface area (Å²) in [6.07, 6.45) is 0. The molecule has 0 atom stereocenters. The summed E-state index contributed by atoms with van der Waals surface area (Å²) in [6, 6.07) is 5.03. The van der Waals surface area contributed by atoms with Crippen LogP contribution < -0.4 is 5.32 Å². The Bertz CT molecular complexity index is 534. The third-order valence-corrected chi connectivity index (χ3v) is 2.62. The molecule has 3 nitrogen and oxygen atoms in total. The molecular formula is C12H10ClF2NO2. The van der Waals surface area contributed by atoms with Crippen molar-refractivity contribution in [2.75, 3.05) is 5.32 Å². The van der Waals surface area contributed by atoms with Crippen LogP contribution in [0.1, 0.15) is 11.5 Å². The zero-order valence-corrected chi connectivity index (χ0v) is 9.97. The fourth-order valence-electron chi connectivity index (χ4n) is 1.49. The quantitative estimate of drug-likeness (QED) is 0.898. The van der Waals surface area contributed by atoms with E-state index in [-0.39, 0.29) is 23.9 Å². The summed E-state index contributed by atoms with van der Waals surface area (Å²) in [7, 11) is 0. The molecule has 2 aromatic rings. The molecule has 1 aromatic heterocycles. The van der Waals surface area contributed by atoms with Crippen molar-refractivity contribution in [1.29, 1.82) is 0 Å². The van der Waals surface area contributed by atoms with Gasteiger partial charge in [-0.1, -0.05) is 11.6 Å². The summed E-state index contributed by atoms with van der Waals surface area (Å²) in [6.45, 7) is -0.0199. The number of benzene rings is 1. The van der Waals surface area contributed by atoms with Crippen LogP contribution in [0.3, 0.4) is 0 Å². The SMILES string of the molecule is OCc1ccc(CNc2c(F)cc(F)cc2Cl)o1. The third kappa shape index (κ3) is 2.80. The number of rotatable bonds is 4. The average Bonchev–Trinajstić information content (AvgIpc) is 2.75. The molecule has 0 amide bonds. The van der Waals surface area contributed by atoms with Crippen molar-refractivity contribution in [3.05, 3.63) is 52.4 Å². The van der Waals surface area contributed by atoms with E-state index in [2.05, 4.69) is 5.32 Å². The molecule has 0 aliphatic carbocycles. The molecule has 0 saturated carbocycles. The molecule has 96 valence electrons. The van der Waals surface area contributed by atoms with Crippen LogP contribution in [0.2, 0.25) is 5.02 Å². The first-order valence-electron chi connectivity index (χ1n) is 5.17. The number of nitrogens with one attached hydrogen (secondary N) is 1. The van der Waals surface area contributed by atoms with E-state index in [9.17, 15) is 8.78 Å². The van der Waals surface area contributed by atoms with Crippen LogP contribution in [0.25, 0.3) is 0 Å². The summed E-state index contributed by atoms with van der Waals surface area (Å²) in [5, 5.41) is 11.5. The minimum Gasteiger partial charge on any atom is -0.462 e. The molecule has 1 aromatic carbocycles. The first-order valence-corrected chi connectivity index (χ1v) is 5.55. The molecule has 2 rings (SSSR count). The smallest absolute Gasteiger partial charge is 0.150 e. The Morgan fingerprint density at radius 3 is 2.56 bits per heavy atom. The van der Waals surface area contributed by atoms with Gasteiger partial charge in [0.05, 0.1) is 17.3 Å². The van der Waals surface area contributed by atoms with Crippen molar-refractivity contribution < 1.29 is 18.3 Å².